The Morgan fingerprint density at radius 3 is 3.14 bits per heavy atom. The highest BCUT2D eigenvalue weighted by atomic mass is 19.1. The van der Waals surface area contributed by atoms with E-state index in [1.807, 2.05) is 6.92 Å². The number of hydrogen-bond acceptors (Lipinski definition) is 3. The lowest BCUT2D eigenvalue weighted by Gasteiger charge is -2.19. The zero-order chi connectivity index (χ0) is 15.9. The molecule has 2 unspecified atom stereocenters. The molecule has 0 bridgehead atoms. The van der Waals surface area contributed by atoms with Gasteiger partial charge in [0.25, 0.3) is 0 Å². The Morgan fingerprint density at radius 2 is 2.36 bits per heavy atom. The molecule has 1 aromatic carbocycles. The first kappa shape index (κ1) is 16.5. The summed E-state index contributed by atoms with van der Waals surface area (Å²) in [6.07, 6.45) is 2.22. The Hall–Kier alpha value is -1.82. The van der Waals surface area contributed by atoms with Crippen molar-refractivity contribution in [3.8, 4) is 5.75 Å². The maximum Gasteiger partial charge on any atom is 0.315 e. The molecule has 5 nitrogen and oxygen atoms in total. The smallest absolute Gasteiger partial charge is 0.315 e. The number of halogens is 1. The highest BCUT2D eigenvalue weighted by molar-refractivity contribution is 5.74. The third kappa shape index (κ3) is 4.34. The molecule has 1 aliphatic heterocycles. The lowest BCUT2D eigenvalue weighted by Crippen LogP contribution is -2.39. The Bertz CT molecular complexity index is 510. The van der Waals surface area contributed by atoms with Crippen LogP contribution >= 0.6 is 0 Å². The van der Waals surface area contributed by atoms with Gasteiger partial charge in [-0.25, -0.2) is 9.18 Å². The van der Waals surface area contributed by atoms with Gasteiger partial charge in [0.05, 0.1) is 18.8 Å². The van der Waals surface area contributed by atoms with Crippen molar-refractivity contribution in [1.82, 2.24) is 10.6 Å². The number of nitrogens with one attached hydrogen (secondary N) is 2. The van der Waals surface area contributed by atoms with Crippen molar-refractivity contribution >= 4 is 6.03 Å². The van der Waals surface area contributed by atoms with Gasteiger partial charge >= 0.3 is 6.03 Å². The summed E-state index contributed by atoms with van der Waals surface area (Å²) in [5.74, 6) is -0.176. The van der Waals surface area contributed by atoms with Crippen LogP contribution in [0.3, 0.4) is 0 Å². The van der Waals surface area contributed by atoms with Crippen LogP contribution in [-0.4, -0.2) is 30.4 Å². The van der Waals surface area contributed by atoms with E-state index in [1.165, 1.54) is 6.07 Å². The summed E-state index contributed by atoms with van der Waals surface area (Å²) in [5.41, 5.74) is 0.668. The molecule has 0 saturated heterocycles. The van der Waals surface area contributed by atoms with Gasteiger partial charge in [-0.05, 0) is 31.7 Å². The fourth-order valence-corrected chi connectivity index (χ4v) is 2.49. The number of carbonyl (C=O) groups excluding carboxylic acids is 1. The van der Waals surface area contributed by atoms with Crippen molar-refractivity contribution in [2.75, 3.05) is 13.2 Å². The number of urea groups is 1. The number of ether oxygens (including phenoxy) is 1. The van der Waals surface area contributed by atoms with Crippen molar-refractivity contribution in [3.05, 3.63) is 29.6 Å². The van der Waals surface area contributed by atoms with E-state index in [1.54, 1.807) is 12.1 Å². The van der Waals surface area contributed by atoms with Gasteiger partial charge in [0, 0.05) is 12.1 Å². The molecule has 0 spiro atoms. The number of aliphatic hydroxyl groups excluding tert-OH is 1. The zero-order valence-corrected chi connectivity index (χ0v) is 12.8. The third-order valence-corrected chi connectivity index (χ3v) is 3.80. The number of fused-ring (bicyclic) bond motifs is 1. The van der Waals surface area contributed by atoms with E-state index in [-0.39, 0.29) is 17.8 Å². The van der Waals surface area contributed by atoms with Crippen molar-refractivity contribution in [2.24, 2.45) is 0 Å². The second-order valence-electron chi connectivity index (χ2n) is 5.45. The Kier molecular flexibility index (Phi) is 6.00. The molecule has 0 aromatic heterocycles. The van der Waals surface area contributed by atoms with E-state index in [4.69, 9.17) is 4.74 Å². The molecule has 0 radical (unpaired) electrons. The lowest BCUT2D eigenvalue weighted by atomic mass is 10.0. The summed E-state index contributed by atoms with van der Waals surface area (Å²) < 4.78 is 19.3. The number of carbonyl (C=O) groups is 1. The summed E-state index contributed by atoms with van der Waals surface area (Å²) in [4.78, 5) is 11.9. The SMILES string of the molecule is CCC(O)CCNC(=O)NC1CCCOc2c(F)cccc21. The van der Waals surface area contributed by atoms with Crippen molar-refractivity contribution in [1.29, 1.82) is 0 Å². The van der Waals surface area contributed by atoms with Gasteiger partial charge in [0.15, 0.2) is 11.6 Å². The number of aliphatic hydroxyl groups is 1. The molecule has 0 aliphatic carbocycles. The Labute approximate surface area is 129 Å². The average molecular weight is 310 g/mol. The predicted molar refractivity (Wildman–Crippen MR) is 81.3 cm³/mol. The fraction of sp³-hybridized carbons (Fsp3) is 0.562. The summed E-state index contributed by atoms with van der Waals surface area (Å²) >= 11 is 0. The number of para-hydroxylation sites is 1. The topological polar surface area (TPSA) is 70.6 Å². The quantitative estimate of drug-likeness (QED) is 0.782. The molecule has 0 fully saturated rings. The molecule has 1 aromatic rings. The van der Waals surface area contributed by atoms with Crippen LogP contribution in [0.2, 0.25) is 0 Å². The summed E-state index contributed by atoms with van der Waals surface area (Å²) in [6, 6.07) is 4.16. The lowest BCUT2D eigenvalue weighted by molar-refractivity contribution is 0.160. The first-order chi connectivity index (χ1) is 10.6. The van der Waals surface area contributed by atoms with Crippen LogP contribution in [-0.2, 0) is 0 Å². The molecule has 1 aliphatic rings. The maximum absolute atomic E-state index is 13.8. The molecule has 2 amide bonds. The second kappa shape index (κ2) is 7.98. The highest BCUT2D eigenvalue weighted by Crippen LogP contribution is 2.33. The van der Waals surface area contributed by atoms with Crippen molar-refractivity contribution in [2.45, 2.75) is 44.8 Å². The van der Waals surface area contributed by atoms with Crippen LogP contribution in [0, 0.1) is 5.82 Å². The van der Waals surface area contributed by atoms with E-state index in [2.05, 4.69) is 10.6 Å². The van der Waals surface area contributed by atoms with Crippen LogP contribution < -0.4 is 15.4 Å². The first-order valence-electron chi connectivity index (χ1n) is 7.75. The van der Waals surface area contributed by atoms with Gasteiger partial charge in [-0.2, -0.15) is 0 Å². The van der Waals surface area contributed by atoms with Crippen LogP contribution in [0.1, 0.15) is 44.2 Å². The minimum Gasteiger partial charge on any atom is -0.490 e. The maximum atomic E-state index is 13.8. The summed E-state index contributed by atoms with van der Waals surface area (Å²) in [6.45, 7) is 2.73. The minimum absolute atomic E-state index is 0.228. The monoisotopic (exact) mass is 310 g/mol. The van der Waals surface area contributed by atoms with E-state index >= 15 is 0 Å². The van der Waals surface area contributed by atoms with Gasteiger partial charge < -0.3 is 20.5 Å². The largest absolute Gasteiger partial charge is 0.490 e. The molecular weight excluding hydrogens is 287 g/mol. The van der Waals surface area contributed by atoms with Gasteiger partial charge in [0.1, 0.15) is 0 Å². The normalized spacial score (nSPS) is 18.6. The van der Waals surface area contributed by atoms with Crippen LogP contribution in [0.5, 0.6) is 5.75 Å². The molecule has 122 valence electrons. The van der Waals surface area contributed by atoms with E-state index < -0.39 is 11.9 Å². The molecule has 3 N–H and O–H groups in total. The van der Waals surface area contributed by atoms with Crippen LogP contribution in [0.4, 0.5) is 9.18 Å². The minimum atomic E-state index is -0.405. The van der Waals surface area contributed by atoms with E-state index in [9.17, 15) is 14.3 Å². The van der Waals surface area contributed by atoms with E-state index in [0.717, 1.165) is 6.42 Å². The van der Waals surface area contributed by atoms with Crippen molar-refractivity contribution < 1.29 is 19.0 Å². The fourth-order valence-electron chi connectivity index (χ4n) is 2.49. The molecule has 2 atom stereocenters. The Balaban J connectivity index is 1.95. The Morgan fingerprint density at radius 1 is 1.55 bits per heavy atom. The van der Waals surface area contributed by atoms with Gasteiger partial charge in [-0.1, -0.05) is 19.1 Å². The zero-order valence-electron chi connectivity index (χ0n) is 12.8. The van der Waals surface area contributed by atoms with E-state index in [0.29, 0.717) is 38.0 Å². The number of benzene rings is 1. The van der Waals surface area contributed by atoms with Gasteiger partial charge in [-0.3, -0.25) is 0 Å². The average Bonchev–Trinajstić information content (AvgIpc) is 2.71. The molecular formula is C16H23FN2O3. The third-order valence-electron chi connectivity index (χ3n) is 3.80. The predicted octanol–water partition coefficient (Wildman–Crippen LogP) is 2.50. The van der Waals surface area contributed by atoms with Gasteiger partial charge in [-0.15, -0.1) is 0 Å². The van der Waals surface area contributed by atoms with Crippen molar-refractivity contribution in [3.63, 3.8) is 0 Å². The standard InChI is InChI=1S/C16H23FN2O3/c1-2-11(20)8-9-18-16(21)19-14-7-4-10-22-15-12(14)5-3-6-13(15)17/h3,5-6,11,14,20H,2,4,7-10H2,1H3,(H2,18,19,21). The molecule has 6 heteroatoms. The molecule has 2 rings (SSSR count). The summed E-state index contributed by atoms with van der Waals surface area (Å²) in [7, 11) is 0. The molecule has 1 heterocycles. The number of hydrogen-bond donors (Lipinski definition) is 3. The molecule has 0 saturated carbocycles. The van der Waals surface area contributed by atoms with Crippen LogP contribution in [0.25, 0.3) is 0 Å². The number of rotatable bonds is 5. The highest BCUT2D eigenvalue weighted by Gasteiger charge is 2.23. The second-order valence-corrected chi connectivity index (χ2v) is 5.45. The summed E-state index contributed by atoms with van der Waals surface area (Å²) in [5, 5.41) is 15.0. The van der Waals surface area contributed by atoms with Crippen LogP contribution in [0.15, 0.2) is 18.2 Å². The first-order valence-corrected chi connectivity index (χ1v) is 7.75. The van der Waals surface area contributed by atoms with Gasteiger partial charge in [0.2, 0.25) is 0 Å². The molecule has 22 heavy (non-hydrogen) atoms. The number of amides is 2.